The lowest BCUT2D eigenvalue weighted by atomic mass is 10.0. The second-order valence-corrected chi connectivity index (χ2v) is 4.87. The summed E-state index contributed by atoms with van der Waals surface area (Å²) in [6.45, 7) is 2.90. The Labute approximate surface area is 121 Å². The fourth-order valence-electron chi connectivity index (χ4n) is 1.91. The van der Waals surface area contributed by atoms with E-state index in [9.17, 15) is 24.9 Å². The molecule has 0 amide bonds. The molecule has 0 bridgehead atoms. The second kappa shape index (κ2) is 6.94. The van der Waals surface area contributed by atoms with Crippen LogP contribution in [0, 0.1) is 0 Å². The molecule has 7 heteroatoms. The first-order valence-corrected chi connectivity index (χ1v) is 6.36. The smallest absolute Gasteiger partial charge is 0.342 e. The van der Waals surface area contributed by atoms with Gasteiger partial charge in [-0.25, -0.2) is 4.79 Å². The van der Waals surface area contributed by atoms with Crippen LogP contribution >= 0.6 is 0 Å². The Balaban J connectivity index is 3.04. The normalized spacial score (nSPS) is 13.5. The van der Waals surface area contributed by atoms with E-state index in [-0.39, 0.29) is 29.7 Å². The van der Waals surface area contributed by atoms with Crippen molar-refractivity contribution in [3.05, 3.63) is 23.3 Å². The fraction of sp³-hybridized carbons (Fsp3) is 0.429. The molecule has 0 spiro atoms. The standard InChI is InChI=1S/C14H18O7/c1-7(15)3-9-5-10(16)6-11(17)13(9)14(20)21-8(2)4-12(18)19/h5-8,15-17H,3-4H2,1-2H3,(H,18,19). The number of hydrogen-bond donors (Lipinski definition) is 4. The van der Waals surface area contributed by atoms with Crippen molar-refractivity contribution in [1.82, 2.24) is 0 Å². The van der Waals surface area contributed by atoms with Crippen LogP contribution in [-0.4, -0.2) is 44.6 Å². The highest BCUT2D eigenvalue weighted by atomic mass is 16.5. The summed E-state index contributed by atoms with van der Waals surface area (Å²) in [4.78, 5) is 22.6. The summed E-state index contributed by atoms with van der Waals surface area (Å²) in [6, 6.07) is 2.22. The summed E-state index contributed by atoms with van der Waals surface area (Å²) in [5.74, 6) is -2.76. The van der Waals surface area contributed by atoms with Gasteiger partial charge in [0, 0.05) is 6.07 Å². The van der Waals surface area contributed by atoms with Gasteiger partial charge in [-0.05, 0) is 31.9 Å². The van der Waals surface area contributed by atoms with Gasteiger partial charge in [0.1, 0.15) is 23.2 Å². The average Bonchev–Trinajstić information content (AvgIpc) is 2.24. The lowest BCUT2D eigenvalue weighted by Gasteiger charge is -2.15. The number of aliphatic hydroxyl groups is 1. The monoisotopic (exact) mass is 298 g/mol. The number of aliphatic hydroxyl groups excluding tert-OH is 1. The molecule has 0 aliphatic carbocycles. The molecule has 0 saturated heterocycles. The van der Waals surface area contributed by atoms with Crippen LogP contribution < -0.4 is 0 Å². The lowest BCUT2D eigenvalue weighted by molar-refractivity contribution is -0.138. The van der Waals surface area contributed by atoms with Crippen LogP contribution in [0.3, 0.4) is 0 Å². The van der Waals surface area contributed by atoms with Gasteiger partial charge in [0.15, 0.2) is 0 Å². The summed E-state index contributed by atoms with van der Waals surface area (Å²) in [6.07, 6.45) is -2.01. The number of benzene rings is 1. The summed E-state index contributed by atoms with van der Waals surface area (Å²) >= 11 is 0. The number of hydrogen-bond acceptors (Lipinski definition) is 6. The summed E-state index contributed by atoms with van der Waals surface area (Å²) in [7, 11) is 0. The number of carboxylic acid groups (broad SMARTS) is 1. The van der Waals surface area contributed by atoms with Crippen molar-refractivity contribution in [2.75, 3.05) is 0 Å². The van der Waals surface area contributed by atoms with Crippen LogP contribution in [0.1, 0.15) is 36.2 Å². The highest BCUT2D eigenvalue weighted by Gasteiger charge is 2.22. The maximum atomic E-state index is 12.0. The van der Waals surface area contributed by atoms with Crippen molar-refractivity contribution >= 4 is 11.9 Å². The molecule has 116 valence electrons. The number of esters is 1. The first-order chi connectivity index (χ1) is 9.70. The molecule has 0 aliphatic rings. The molecule has 1 aromatic rings. The quantitative estimate of drug-likeness (QED) is 0.578. The van der Waals surface area contributed by atoms with E-state index in [2.05, 4.69) is 0 Å². The fourth-order valence-corrected chi connectivity index (χ4v) is 1.91. The van der Waals surface area contributed by atoms with Crippen LogP contribution in [0.25, 0.3) is 0 Å². The van der Waals surface area contributed by atoms with E-state index in [4.69, 9.17) is 9.84 Å². The average molecular weight is 298 g/mol. The van der Waals surface area contributed by atoms with Gasteiger partial charge in [-0.15, -0.1) is 0 Å². The zero-order valence-electron chi connectivity index (χ0n) is 11.7. The Morgan fingerprint density at radius 3 is 2.38 bits per heavy atom. The minimum Gasteiger partial charge on any atom is -0.508 e. The molecule has 2 unspecified atom stereocenters. The van der Waals surface area contributed by atoms with E-state index in [1.54, 1.807) is 0 Å². The van der Waals surface area contributed by atoms with E-state index in [1.165, 1.54) is 19.9 Å². The minimum atomic E-state index is -1.12. The predicted octanol–water partition coefficient (Wildman–Crippen LogP) is 1.04. The summed E-state index contributed by atoms with van der Waals surface area (Å²) in [5, 5.41) is 37.3. The van der Waals surface area contributed by atoms with Crippen molar-refractivity contribution in [2.24, 2.45) is 0 Å². The van der Waals surface area contributed by atoms with Gasteiger partial charge in [-0.3, -0.25) is 4.79 Å². The molecule has 2 atom stereocenters. The molecule has 21 heavy (non-hydrogen) atoms. The molecule has 0 radical (unpaired) electrons. The Morgan fingerprint density at radius 2 is 1.86 bits per heavy atom. The molecule has 1 rings (SSSR count). The Bertz CT molecular complexity index is 536. The number of carboxylic acids is 1. The molecular formula is C14H18O7. The molecule has 0 aromatic heterocycles. The molecule has 0 heterocycles. The Kier molecular flexibility index (Phi) is 5.54. The second-order valence-electron chi connectivity index (χ2n) is 4.87. The van der Waals surface area contributed by atoms with Crippen LogP contribution in [0.4, 0.5) is 0 Å². The third-order valence-electron chi connectivity index (χ3n) is 2.67. The van der Waals surface area contributed by atoms with E-state index in [0.717, 1.165) is 6.07 Å². The van der Waals surface area contributed by atoms with Crippen molar-refractivity contribution in [3.8, 4) is 11.5 Å². The maximum Gasteiger partial charge on any atom is 0.342 e. The topological polar surface area (TPSA) is 124 Å². The zero-order chi connectivity index (χ0) is 16.2. The molecule has 0 fully saturated rings. The molecule has 4 N–H and O–H groups in total. The Hall–Kier alpha value is -2.28. The molecule has 0 saturated carbocycles. The number of carbonyl (C=O) groups excluding carboxylic acids is 1. The van der Waals surface area contributed by atoms with Crippen molar-refractivity contribution in [2.45, 2.75) is 38.9 Å². The van der Waals surface area contributed by atoms with E-state index in [1.807, 2.05) is 0 Å². The zero-order valence-corrected chi connectivity index (χ0v) is 11.7. The van der Waals surface area contributed by atoms with Crippen LogP contribution in [0.5, 0.6) is 11.5 Å². The van der Waals surface area contributed by atoms with Crippen LogP contribution in [0.15, 0.2) is 12.1 Å². The third-order valence-corrected chi connectivity index (χ3v) is 2.67. The van der Waals surface area contributed by atoms with Crippen LogP contribution in [-0.2, 0) is 16.0 Å². The Morgan fingerprint density at radius 1 is 1.24 bits per heavy atom. The number of phenolic OH excluding ortho intramolecular Hbond substituents is 2. The van der Waals surface area contributed by atoms with Crippen molar-refractivity contribution < 1.29 is 34.8 Å². The molecule has 7 nitrogen and oxygen atoms in total. The molecule has 1 aromatic carbocycles. The predicted molar refractivity (Wildman–Crippen MR) is 72.3 cm³/mol. The highest BCUT2D eigenvalue weighted by Crippen LogP contribution is 2.29. The van der Waals surface area contributed by atoms with Gasteiger partial charge in [0.05, 0.1) is 12.5 Å². The number of aliphatic carboxylic acids is 1. The van der Waals surface area contributed by atoms with Crippen molar-refractivity contribution in [1.29, 1.82) is 0 Å². The number of carbonyl (C=O) groups is 2. The SMILES string of the molecule is CC(O)Cc1cc(O)cc(O)c1C(=O)OC(C)CC(=O)O. The first-order valence-electron chi connectivity index (χ1n) is 6.36. The van der Waals surface area contributed by atoms with Gasteiger partial charge in [0.2, 0.25) is 0 Å². The van der Waals surface area contributed by atoms with Gasteiger partial charge < -0.3 is 25.2 Å². The lowest BCUT2D eigenvalue weighted by Crippen LogP contribution is -2.20. The van der Waals surface area contributed by atoms with E-state index in [0.29, 0.717) is 0 Å². The number of rotatable bonds is 6. The highest BCUT2D eigenvalue weighted by molar-refractivity contribution is 5.94. The van der Waals surface area contributed by atoms with Crippen molar-refractivity contribution in [3.63, 3.8) is 0 Å². The molecular weight excluding hydrogens is 280 g/mol. The minimum absolute atomic E-state index is 0.0275. The van der Waals surface area contributed by atoms with Gasteiger partial charge in [-0.2, -0.15) is 0 Å². The van der Waals surface area contributed by atoms with E-state index >= 15 is 0 Å². The maximum absolute atomic E-state index is 12.0. The third kappa shape index (κ3) is 4.96. The van der Waals surface area contributed by atoms with Crippen LogP contribution in [0.2, 0.25) is 0 Å². The number of phenols is 2. The van der Waals surface area contributed by atoms with Gasteiger partial charge in [-0.1, -0.05) is 0 Å². The van der Waals surface area contributed by atoms with E-state index < -0.39 is 29.9 Å². The first kappa shape index (κ1) is 16.8. The number of ether oxygens (including phenoxy) is 1. The largest absolute Gasteiger partial charge is 0.508 e. The number of aromatic hydroxyl groups is 2. The molecule has 0 aliphatic heterocycles. The summed E-state index contributed by atoms with van der Waals surface area (Å²) < 4.78 is 4.95. The van der Waals surface area contributed by atoms with Gasteiger partial charge >= 0.3 is 11.9 Å². The summed E-state index contributed by atoms with van der Waals surface area (Å²) in [5.41, 5.74) is 0.0287. The van der Waals surface area contributed by atoms with Gasteiger partial charge in [0.25, 0.3) is 0 Å².